The molecule has 0 aliphatic carbocycles. The molecule has 0 saturated carbocycles. The van der Waals surface area contributed by atoms with Crippen LogP contribution in [0.5, 0.6) is 0 Å². The monoisotopic (exact) mass is 245 g/mol. The summed E-state index contributed by atoms with van der Waals surface area (Å²) in [6.07, 6.45) is 0. The van der Waals surface area contributed by atoms with Gasteiger partial charge in [0.15, 0.2) is 0 Å². The molecule has 0 aromatic heterocycles. The molecule has 0 bridgehead atoms. The lowest BCUT2D eigenvalue weighted by molar-refractivity contribution is -0.128. The van der Waals surface area contributed by atoms with Crippen LogP contribution in [0.25, 0.3) is 0 Å². The van der Waals surface area contributed by atoms with E-state index in [1.807, 2.05) is 20.8 Å². The summed E-state index contributed by atoms with van der Waals surface area (Å²) in [6.45, 7) is 6.42. The van der Waals surface area contributed by atoms with Crippen LogP contribution in [0, 0.1) is 5.41 Å². The van der Waals surface area contributed by atoms with Crippen LogP contribution in [0.1, 0.15) is 20.8 Å². The minimum Gasteiger partial charge on any atom is -0.383 e. The Morgan fingerprint density at radius 1 is 1.29 bits per heavy atom. The summed E-state index contributed by atoms with van der Waals surface area (Å²) in [5.41, 5.74) is 5.42. The van der Waals surface area contributed by atoms with Crippen molar-refractivity contribution in [3.8, 4) is 0 Å². The third kappa shape index (κ3) is 6.91. The fourth-order valence-electron chi connectivity index (χ4n) is 1.03. The first kappa shape index (κ1) is 15.9. The highest BCUT2D eigenvalue weighted by Crippen LogP contribution is 2.16. The molecule has 1 atom stereocenters. The van der Waals surface area contributed by atoms with Gasteiger partial charge in [0.1, 0.15) is 0 Å². The average Bonchev–Trinajstić information content (AvgIpc) is 2.24. The first-order valence-electron chi connectivity index (χ1n) is 5.58. The van der Waals surface area contributed by atoms with E-state index in [1.54, 1.807) is 7.11 Å². The van der Waals surface area contributed by atoms with E-state index in [-0.39, 0.29) is 23.8 Å². The van der Waals surface area contributed by atoms with E-state index in [9.17, 15) is 9.59 Å². The van der Waals surface area contributed by atoms with Crippen molar-refractivity contribution in [3.05, 3.63) is 0 Å². The predicted molar refractivity (Wildman–Crippen MR) is 65.3 cm³/mol. The highest BCUT2D eigenvalue weighted by Gasteiger charge is 2.27. The Kier molecular flexibility index (Phi) is 6.75. The van der Waals surface area contributed by atoms with Crippen LogP contribution in [-0.4, -0.2) is 44.7 Å². The number of nitrogens with two attached hydrogens (primary N) is 1. The van der Waals surface area contributed by atoms with Gasteiger partial charge in [-0.3, -0.25) is 9.59 Å². The van der Waals surface area contributed by atoms with Gasteiger partial charge < -0.3 is 21.1 Å². The first-order valence-corrected chi connectivity index (χ1v) is 5.58. The maximum Gasteiger partial charge on any atom is 0.239 e. The first-order chi connectivity index (χ1) is 7.79. The Labute approximate surface area is 102 Å². The molecule has 0 fully saturated rings. The smallest absolute Gasteiger partial charge is 0.239 e. The molecule has 0 spiro atoms. The van der Waals surface area contributed by atoms with Crippen LogP contribution in [0.15, 0.2) is 0 Å². The van der Waals surface area contributed by atoms with Crippen molar-refractivity contribution in [1.82, 2.24) is 10.6 Å². The Morgan fingerprint density at radius 3 is 2.35 bits per heavy atom. The van der Waals surface area contributed by atoms with E-state index in [1.165, 1.54) is 0 Å². The van der Waals surface area contributed by atoms with Crippen LogP contribution in [0.4, 0.5) is 0 Å². The fraction of sp³-hybridized carbons (Fsp3) is 0.818. The molecule has 2 amide bonds. The molecule has 0 unspecified atom stereocenters. The zero-order chi connectivity index (χ0) is 13.5. The number of hydrogen-bond acceptors (Lipinski definition) is 4. The molecule has 0 aliphatic heterocycles. The van der Waals surface area contributed by atoms with Gasteiger partial charge in [-0.05, 0) is 5.41 Å². The van der Waals surface area contributed by atoms with Crippen LogP contribution < -0.4 is 16.4 Å². The normalized spacial score (nSPS) is 13.0. The van der Waals surface area contributed by atoms with Gasteiger partial charge in [0.25, 0.3) is 0 Å². The lowest BCUT2D eigenvalue weighted by atomic mass is 9.87. The molecule has 6 nitrogen and oxygen atoms in total. The maximum absolute atomic E-state index is 11.6. The van der Waals surface area contributed by atoms with Crippen LogP contribution >= 0.6 is 0 Å². The quantitative estimate of drug-likeness (QED) is 0.536. The highest BCUT2D eigenvalue weighted by atomic mass is 16.5. The van der Waals surface area contributed by atoms with E-state index in [0.29, 0.717) is 13.2 Å². The summed E-state index contributed by atoms with van der Waals surface area (Å²) in [4.78, 5) is 22.9. The topological polar surface area (TPSA) is 93.5 Å². The number of rotatable bonds is 6. The molecule has 0 aliphatic rings. The minimum atomic E-state index is -0.630. The summed E-state index contributed by atoms with van der Waals surface area (Å²) in [5.74, 6) is -0.573. The van der Waals surface area contributed by atoms with Crippen molar-refractivity contribution in [2.24, 2.45) is 11.1 Å². The van der Waals surface area contributed by atoms with Gasteiger partial charge in [-0.15, -0.1) is 0 Å². The number of methoxy groups -OCH3 is 1. The summed E-state index contributed by atoms with van der Waals surface area (Å²) in [5, 5.41) is 5.10. The summed E-state index contributed by atoms with van der Waals surface area (Å²) >= 11 is 0. The molecule has 100 valence electrons. The van der Waals surface area contributed by atoms with Crippen molar-refractivity contribution >= 4 is 11.8 Å². The largest absolute Gasteiger partial charge is 0.383 e. The van der Waals surface area contributed by atoms with Gasteiger partial charge in [-0.25, -0.2) is 0 Å². The molecular weight excluding hydrogens is 222 g/mol. The predicted octanol–water partition coefficient (Wildman–Crippen LogP) is -0.761. The molecular formula is C11H23N3O3. The van der Waals surface area contributed by atoms with Crippen LogP contribution in [0.2, 0.25) is 0 Å². The van der Waals surface area contributed by atoms with E-state index in [0.717, 1.165) is 0 Å². The molecule has 0 aromatic rings. The van der Waals surface area contributed by atoms with Gasteiger partial charge in [-0.1, -0.05) is 20.8 Å². The van der Waals surface area contributed by atoms with Crippen molar-refractivity contribution in [2.45, 2.75) is 26.8 Å². The van der Waals surface area contributed by atoms with Crippen LogP contribution in [0.3, 0.4) is 0 Å². The lowest BCUT2D eigenvalue weighted by Gasteiger charge is -2.25. The molecule has 17 heavy (non-hydrogen) atoms. The molecule has 6 heteroatoms. The Hall–Kier alpha value is -1.14. The number of amides is 2. The van der Waals surface area contributed by atoms with Gasteiger partial charge in [-0.2, -0.15) is 0 Å². The van der Waals surface area contributed by atoms with Crippen LogP contribution in [-0.2, 0) is 14.3 Å². The third-order valence-corrected chi connectivity index (χ3v) is 2.27. The third-order valence-electron chi connectivity index (χ3n) is 2.27. The number of carbonyl (C=O) groups is 2. The zero-order valence-corrected chi connectivity index (χ0v) is 11.0. The second-order valence-electron chi connectivity index (χ2n) is 4.90. The summed E-state index contributed by atoms with van der Waals surface area (Å²) in [7, 11) is 1.55. The van der Waals surface area contributed by atoms with Gasteiger partial charge in [0, 0.05) is 13.7 Å². The van der Waals surface area contributed by atoms with Crippen molar-refractivity contribution in [1.29, 1.82) is 0 Å². The Bertz CT molecular complexity index is 261. The second kappa shape index (κ2) is 7.24. The fourth-order valence-corrected chi connectivity index (χ4v) is 1.03. The average molecular weight is 245 g/mol. The molecule has 0 heterocycles. The van der Waals surface area contributed by atoms with E-state index in [4.69, 9.17) is 10.5 Å². The molecule has 0 aromatic carbocycles. The number of ether oxygens (including phenoxy) is 1. The van der Waals surface area contributed by atoms with Crippen molar-refractivity contribution < 1.29 is 14.3 Å². The van der Waals surface area contributed by atoms with Crippen molar-refractivity contribution in [2.75, 3.05) is 26.8 Å². The van der Waals surface area contributed by atoms with E-state index in [2.05, 4.69) is 10.6 Å². The summed E-state index contributed by atoms with van der Waals surface area (Å²) in [6, 6.07) is -0.630. The van der Waals surface area contributed by atoms with E-state index < -0.39 is 6.04 Å². The summed E-state index contributed by atoms with van der Waals surface area (Å²) < 4.78 is 4.78. The van der Waals surface area contributed by atoms with Crippen molar-refractivity contribution in [3.63, 3.8) is 0 Å². The zero-order valence-electron chi connectivity index (χ0n) is 11.0. The number of carbonyl (C=O) groups excluding carboxylic acids is 2. The van der Waals surface area contributed by atoms with Gasteiger partial charge >= 0.3 is 0 Å². The maximum atomic E-state index is 11.6. The standard InChI is InChI=1S/C11H23N3O3/c1-11(2,3)9(12)10(16)14-7-8(15)13-5-6-17-4/h9H,5-7,12H2,1-4H3,(H,13,15)(H,14,16)/t9-/m1/s1. The number of hydrogen-bond donors (Lipinski definition) is 3. The second-order valence-corrected chi connectivity index (χ2v) is 4.90. The highest BCUT2D eigenvalue weighted by molar-refractivity contribution is 5.87. The van der Waals surface area contributed by atoms with E-state index >= 15 is 0 Å². The van der Waals surface area contributed by atoms with Gasteiger partial charge in [0.2, 0.25) is 11.8 Å². The Morgan fingerprint density at radius 2 is 1.88 bits per heavy atom. The molecule has 0 radical (unpaired) electrons. The molecule has 4 N–H and O–H groups in total. The van der Waals surface area contributed by atoms with Gasteiger partial charge in [0.05, 0.1) is 19.2 Å². The Balaban J connectivity index is 3.88. The lowest BCUT2D eigenvalue weighted by Crippen LogP contribution is -2.50. The number of nitrogens with one attached hydrogen (secondary N) is 2. The SMILES string of the molecule is COCCNC(=O)CNC(=O)[C@@H](N)C(C)(C)C. The molecule has 0 saturated heterocycles. The molecule has 0 rings (SSSR count). The minimum absolute atomic E-state index is 0.0632.